The molecule has 1 saturated carbocycles. The zero-order valence-corrected chi connectivity index (χ0v) is 12.2. The first-order valence-electron chi connectivity index (χ1n) is 7.99. The second-order valence-corrected chi connectivity index (χ2v) is 6.56. The van der Waals surface area contributed by atoms with Gasteiger partial charge in [0.2, 0.25) is 5.91 Å². The molecule has 2 aliphatic rings. The molecule has 1 atom stereocenters. The highest BCUT2D eigenvalue weighted by Gasteiger charge is 2.28. The summed E-state index contributed by atoms with van der Waals surface area (Å²) in [7, 11) is 0. The number of hydrogen-bond donors (Lipinski definition) is 0. The molecule has 0 spiro atoms. The highest BCUT2D eigenvalue weighted by molar-refractivity contribution is 5.78. The molecule has 2 fully saturated rings. The van der Waals surface area contributed by atoms with Gasteiger partial charge in [-0.15, -0.1) is 0 Å². The lowest BCUT2D eigenvalue weighted by Crippen LogP contribution is -2.45. The summed E-state index contributed by atoms with van der Waals surface area (Å²) >= 11 is 0. The number of piperidine rings is 1. The molecule has 1 amide bonds. The van der Waals surface area contributed by atoms with E-state index in [1.165, 1.54) is 57.8 Å². The van der Waals surface area contributed by atoms with E-state index in [2.05, 4.69) is 4.90 Å². The van der Waals surface area contributed by atoms with E-state index in [9.17, 15) is 4.79 Å². The topological polar surface area (TPSA) is 20.3 Å². The van der Waals surface area contributed by atoms with Crippen LogP contribution in [0.4, 0.5) is 0 Å². The molecule has 0 aromatic heterocycles. The molecule has 1 aliphatic carbocycles. The van der Waals surface area contributed by atoms with E-state index < -0.39 is 0 Å². The highest BCUT2D eigenvalue weighted by Crippen LogP contribution is 2.31. The molecule has 1 heterocycles. The van der Waals surface area contributed by atoms with Gasteiger partial charge in [-0.3, -0.25) is 4.79 Å². The van der Waals surface area contributed by atoms with E-state index in [-0.39, 0.29) is 5.92 Å². The molecule has 0 N–H and O–H groups in total. The summed E-state index contributed by atoms with van der Waals surface area (Å²) in [4.78, 5) is 14.4. The number of carbonyl (C=O) groups is 1. The Hall–Kier alpha value is -0.530. The predicted molar refractivity (Wildman–Crippen MR) is 75.4 cm³/mol. The minimum Gasteiger partial charge on any atom is -0.339 e. The Bertz CT molecular complexity index is 268. The van der Waals surface area contributed by atoms with Crippen LogP contribution in [0, 0.1) is 11.8 Å². The molecule has 2 heteroatoms. The fourth-order valence-electron chi connectivity index (χ4n) is 3.65. The normalized spacial score (nSPS) is 25.9. The van der Waals surface area contributed by atoms with Crippen molar-refractivity contribution < 1.29 is 4.79 Å². The second kappa shape index (κ2) is 6.58. The average Bonchev–Trinajstić information content (AvgIpc) is 2.89. The molecule has 2 rings (SSSR count). The Morgan fingerprint density at radius 2 is 1.72 bits per heavy atom. The number of nitrogens with zero attached hydrogens (tertiary/aromatic N) is 1. The quantitative estimate of drug-likeness (QED) is 0.739. The summed E-state index contributed by atoms with van der Waals surface area (Å²) in [6.07, 6.45) is 12.1. The molecular formula is C16H29NO. The predicted octanol–water partition coefficient (Wildman–Crippen LogP) is 3.99. The maximum atomic E-state index is 12.2. The average molecular weight is 251 g/mol. The van der Waals surface area contributed by atoms with Gasteiger partial charge in [-0.1, -0.05) is 39.5 Å². The molecule has 1 unspecified atom stereocenters. The van der Waals surface area contributed by atoms with Crippen LogP contribution in [0.5, 0.6) is 0 Å². The third-order valence-electron chi connectivity index (χ3n) is 4.79. The van der Waals surface area contributed by atoms with Crippen molar-refractivity contribution >= 4 is 5.91 Å². The van der Waals surface area contributed by atoms with Gasteiger partial charge in [0.1, 0.15) is 0 Å². The summed E-state index contributed by atoms with van der Waals surface area (Å²) in [5.74, 6) is 1.51. The van der Waals surface area contributed by atoms with Gasteiger partial charge >= 0.3 is 0 Å². The third kappa shape index (κ3) is 3.49. The van der Waals surface area contributed by atoms with Crippen LogP contribution in [0.1, 0.15) is 71.6 Å². The smallest absolute Gasteiger partial charge is 0.225 e. The molecule has 0 aromatic rings. The number of carbonyl (C=O) groups excluding carboxylic acids is 1. The van der Waals surface area contributed by atoms with Crippen LogP contribution >= 0.6 is 0 Å². The van der Waals surface area contributed by atoms with E-state index in [0.29, 0.717) is 11.9 Å². The maximum absolute atomic E-state index is 12.2. The number of likely N-dealkylation sites (tertiary alicyclic amines) is 1. The molecule has 2 nitrogen and oxygen atoms in total. The first-order valence-corrected chi connectivity index (χ1v) is 7.99. The van der Waals surface area contributed by atoms with Gasteiger partial charge in [0.05, 0.1) is 0 Å². The Balaban J connectivity index is 1.84. The number of amides is 1. The summed E-state index contributed by atoms with van der Waals surface area (Å²) in [5.41, 5.74) is 0. The number of hydrogen-bond acceptors (Lipinski definition) is 1. The van der Waals surface area contributed by atoms with Gasteiger partial charge in [-0.05, 0) is 38.0 Å². The van der Waals surface area contributed by atoms with Crippen LogP contribution in [0.2, 0.25) is 0 Å². The molecule has 0 aromatic carbocycles. The highest BCUT2D eigenvalue weighted by atomic mass is 16.2. The van der Waals surface area contributed by atoms with Crippen LogP contribution in [-0.2, 0) is 4.79 Å². The fraction of sp³-hybridized carbons (Fsp3) is 0.938. The minimum absolute atomic E-state index is 0.164. The molecule has 1 saturated heterocycles. The van der Waals surface area contributed by atoms with E-state index >= 15 is 0 Å². The molecule has 1 aliphatic heterocycles. The zero-order valence-electron chi connectivity index (χ0n) is 12.2. The van der Waals surface area contributed by atoms with Gasteiger partial charge in [-0.2, -0.15) is 0 Å². The Morgan fingerprint density at radius 1 is 1.06 bits per heavy atom. The van der Waals surface area contributed by atoms with Crippen molar-refractivity contribution in [3.8, 4) is 0 Å². The summed E-state index contributed by atoms with van der Waals surface area (Å²) in [6, 6.07) is 0.550. The minimum atomic E-state index is 0.164. The van der Waals surface area contributed by atoms with Gasteiger partial charge in [0, 0.05) is 18.5 Å². The summed E-state index contributed by atoms with van der Waals surface area (Å²) in [6.45, 7) is 5.07. The molecule has 104 valence electrons. The first kappa shape index (κ1) is 13.9. The van der Waals surface area contributed by atoms with E-state index in [1.807, 2.05) is 13.8 Å². The molecular weight excluding hydrogens is 222 g/mol. The maximum Gasteiger partial charge on any atom is 0.225 e. The van der Waals surface area contributed by atoms with E-state index in [1.54, 1.807) is 0 Å². The van der Waals surface area contributed by atoms with Crippen molar-refractivity contribution in [3.05, 3.63) is 0 Å². The SMILES string of the molecule is CC(C)C(=O)N1CCCCC1CCC1CCCC1. The third-order valence-corrected chi connectivity index (χ3v) is 4.79. The zero-order chi connectivity index (χ0) is 13.0. The van der Waals surface area contributed by atoms with Gasteiger partial charge in [-0.25, -0.2) is 0 Å². The van der Waals surface area contributed by atoms with Crippen molar-refractivity contribution in [2.75, 3.05) is 6.54 Å². The Morgan fingerprint density at radius 3 is 2.39 bits per heavy atom. The van der Waals surface area contributed by atoms with Crippen LogP contribution in [0.3, 0.4) is 0 Å². The van der Waals surface area contributed by atoms with Crippen molar-refractivity contribution in [1.82, 2.24) is 4.90 Å². The molecule has 0 bridgehead atoms. The van der Waals surface area contributed by atoms with Crippen molar-refractivity contribution in [3.63, 3.8) is 0 Å². The molecule has 0 radical (unpaired) electrons. The second-order valence-electron chi connectivity index (χ2n) is 6.56. The van der Waals surface area contributed by atoms with Gasteiger partial charge in [0.25, 0.3) is 0 Å². The van der Waals surface area contributed by atoms with Gasteiger partial charge in [0.15, 0.2) is 0 Å². The monoisotopic (exact) mass is 251 g/mol. The largest absolute Gasteiger partial charge is 0.339 e. The van der Waals surface area contributed by atoms with Gasteiger partial charge < -0.3 is 4.90 Å². The van der Waals surface area contributed by atoms with Crippen LogP contribution in [0.15, 0.2) is 0 Å². The Labute approximate surface area is 112 Å². The molecule has 18 heavy (non-hydrogen) atoms. The lowest BCUT2D eigenvalue weighted by molar-refractivity contribution is -0.138. The first-order chi connectivity index (χ1) is 8.68. The van der Waals surface area contributed by atoms with Crippen LogP contribution < -0.4 is 0 Å². The Kier molecular flexibility index (Phi) is 5.08. The van der Waals surface area contributed by atoms with E-state index in [0.717, 1.165) is 12.5 Å². The standard InChI is InChI=1S/C16H29NO/c1-13(2)16(18)17-12-6-5-9-15(17)11-10-14-7-3-4-8-14/h13-15H,3-12H2,1-2H3. The fourth-order valence-corrected chi connectivity index (χ4v) is 3.65. The van der Waals surface area contributed by atoms with Crippen molar-refractivity contribution in [2.24, 2.45) is 11.8 Å². The lowest BCUT2D eigenvalue weighted by atomic mass is 9.92. The summed E-state index contributed by atoms with van der Waals surface area (Å²) in [5, 5.41) is 0. The summed E-state index contributed by atoms with van der Waals surface area (Å²) < 4.78 is 0. The lowest BCUT2D eigenvalue weighted by Gasteiger charge is -2.37. The van der Waals surface area contributed by atoms with Crippen molar-refractivity contribution in [2.45, 2.75) is 77.7 Å². The van der Waals surface area contributed by atoms with E-state index in [4.69, 9.17) is 0 Å². The van der Waals surface area contributed by atoms with Crippen molar-refractivity contribution in [1.29, 1.82) is 0 Å². The van der Waals surface area contributed by atoms with Crippen LogP contribution in [0.25, 0.3) is 0 Å². The number of rotatable bonds is 4. The van der Waals surface area contributed by atoms with Crippen LogP contribution in [-0.4, -0.2) is 23.4 Å².